The van der Waals surface area contributed by atoms with Gasteiger partial charge in [0.25, 0.3) is 0 Å². The number of rotatable bonds is 7. The first kappa shape index (κ1) is 23.7. The highest BCUT2D eigenvalue weighted by atomic mass is 127. The van der Waals surface area contributed by atoms with Crippen LogP contribution in [-0.4, -0.2) is 64.8 Å². The van der Waals surface area contributed by atoms with Crippen LogP contribution < -0.4 is 5.32 Å². The van der Waals surface area contributed by atoms with E-state index >= 15 is 0 Å². The maximum atomic E-state index is 4.96. The van der Waals surface area contributed by atoms with Crippen LogP contribution in [0, 0.1) is 0 Å². The van der Waals surface area contributed by atoms with Gasteiger partial charge in [0.15, 0.2) is 5.96 Å². The van der Waals surface area contributed by atoms with E-state index in [4.69, 9.17) is 4.99 Å². The third-order valence-corrected chi connectivity index (χ3v) is 5.55. The third-order valence-electron chi connectivity index (χ3n) is 5.55. The Hall–Kier alpha value is -1.61. The van der Waals surface area contributed by atoms with Gasteiger partial charge in [0.2, 0.25) is 0 Å². The van der Waals surface area contributed by atoms with Crippen LogP contribution >= 0.6 is 24.0 Å². The first-order valence-corrected chi connectivity index (χ1v) is 10.3. The summed E-state index contributed by atoms with van der Waals surface area (Å²) in [6.07, 6.45) is 5.29. The maximum absolute atomic E-state index is 4.96. The lowest BCUT2D eigenvalue weighted by molar-refractivity contribution is 0.254. The molecule has 6 nitrogen and oxygen atoms in total. The monoisotopic (exact) mass is 510 g/mol. The van der Waals surface area contributed by atoms with E-state index in [2.05, 4.69) is 77.6 Å². The molecule has 2 atom stereocenters. The van der Waals surface area contributed by atoms with E-state index in [1.54, 1.807) is 0 Å². The molecule has 1 aromatic carbocycles. The van der Waals surface area contributed by atoms with E-state index in [0.29, 0.717) is 12.0 Å². The van der Waals surface area contributed by atoms with Crippen LogP contribution in [0.15, 0.2) is 47.7 Å². The molecule has 2 aromatic rings. The lowest BCUT2D eigenvalue weighted by atomic mass is 10.0. The second-order valence-electron chi connectivity index (χ2n) is 7.82. The largest absolute Gasteiger partial charge is 0.357 e. The lowest BCUT2D eigenvalue weighted by Crippen LogP contribution is -2.41. The highest BCUT2D eigenvalue weighted by Crippen LogP contribution is 2.26. The van der Waals surface area contributed by atoms with Gasteiger partial charge in [0.1, 0.15) is 0 Å². The van der Waals surface area contributed by atoms with Gasteiger partial charge < -0.3 is 10.2 Å². The average Bonchev–Trinajstić information content (AvgIpc) is 3.34. The number of aryl methyl sites for hydroxylation is 1. The molecule has 1 aliphatic rings. The lowest BCUT2D eigenvalue weighted by Gasteiger charge is -2.26. The summed E-state index contributed by atoms with van der Waals surface area (Å²) in [5, 5.41) is 7.81. The number of aliphatic imine (C=N–C) groups is 1. The van der Waals surface area contributed by atoms with E-state index in [9.17, 15) is 0 Å². The number of hydrogen-bond donors (Lipinski definition) is 1. The van der Waals surface area contributed by atoms with Crippen LogP contribution in [0.5, 0.6) is 0 Å². The third kappa shape index (κ3) is 6.70. The van der Waals surface area contributed by atoms with Gasteiger partial charge in [0, 0.05) is 51.4 Å². The second-order valence-corrected chi connectivity index (χ2v) is 7.82. The maximum Gasteiger partial charge on any atom is 0.193 e. The summed E-state index contributed by atoms with van der Waals surface area (Å²) < 4.78 is 1.89. The SMILES string of the molecule is CCNC(=NCC(C)N(C)Cc1ccccc1)N1CCC(c2cnn(C)c2)C1.I. The van der Waals surface area contributed by atoms with Gasteiger partial charge in [-0.05, 0) is 38.4 Å². The second kappa shape index (κ2) is 11.5. The number of guanidine groups is 1. The number of aromatic nitrogens is 2. The molecule has 0 aliphatic carbocycles. The number of likely N-dealkylation sites (tertiary alicyclic amines) is 1. The summed E-state index contributed by atoms with van der Waals surface area (Å²) in [6.45, 7) is 9.06. The van der Waals surface area contributed by atoms with Gasteiger partial charge >= 0.3 is 0 Å². The van der Waals surface area contributed by atoms with Crippen LogP contribution in [0.2, 0.25) is 0 Å². The van der Waals surface area contributed by atoms with Crippen molar-refractivity contribution < 1.29 is 0 Å². The average molecular weight is 510 g/mol. The summed E-state index contributed by atoms with van der Waals surface area (Å²) in [5.74, 6) is 1.57. The fraction of sp³-hybridized carbons (Fsp3) is 0.545. The molecule has 0 amide bonds. The molecule has 0 spiro atoms. The topological polar surface area (TPSA) is 48.7 Å². The molecular weight excluding hydrogens is 475 g/mol. The Morgan fingerprint density at radius 3 is 2.76 bits per heavy atom. The number of nitrogens with one attached hydrogen (secondary N) is 1. The molecule has 2 unspecified atom stereocenters. The van der Waals surface area contributed by atoms with Crippen molar-refractivity contribution in [3.05, 3.63) is 53.9 Å². The fourth-order valence-electron chi connectivity index (χ4n) is 3.69. The van der Waals surface area contributed by atoms with Gasteiger partial charge in [-0.2, -0.15) is 5.10 Å². The van der Waals surface area contributed by atoms with Gasteiger partial charge in [0.05, 0.1) is 12.7 Å². The number of halogens is 1. The Morgan fingerprint density at radius 2 is 2.10 bits per heavy atom. The predicted molar refractivity (Wildman–Crippen MR) is 131 cm³/mol. The Kier molecular flexibility index (Phi) is 9.42. The molecular formula is C22H35IN6. The number of likely N-dealkylation sites (N-methyl/N-ethyl adjacent to an activating group) is 1. The van der Waals surface area contributed by atoms with E-state index in [0.717, 1.165) is 45.1 Å². The Bertz CT molecular complexity index is 760. The molecule has 3 rings (SSSR count). The van der Waals surface area contributed by atoms with Gasteiger partial charge in [-0.1, -0.05) is 30.3 Å². The Labute approximate surface area is 192 Å². The zero-order valence-electron chi connectivity index (χ0n) is 18.1. The van der Waals surface area contributed by atoms with Crippen molar-refractivity contribution in [3.8, 4) is 0 Å². The van der Waals surface area contributed by atoms with Crippen molar-refractivity contribution in [3.63, 3.8) is 0 Å². The smallest absolute Gasteiger partial charge is 0.193 e. The van der Waals surface area contributed by atoms with Crippen molar-refractivity contribution in [2.45, 2.75) is 38.8 Å². The molecule has 1 fully saturated rings. The molecule has 7 heteroatoms. The molecule has 2 heterocycles. The molecule has 29 heavy (non-hydrogen) atoms. The first-order chi connectivity index (χ1) is 13.6. The molecule has 0 radical (unpaired) electrons. The van der Waals surface area contributed by atoms with Crippen LogP contribution in [0.3, 0.4) is 0 Å². The highest BCUT2D eigenvalue weighted by Gasteiger charge is 2.27. The molecule has 160 valence electrons. The molecule has 1 saturated heterocycles. The van der Waals surface area contributed by atoms with Crippen LogP contribution in [0.1, 0.15) is 37.3 Å². The van der Waals surface area contributed by atoms with Crippen LogP contribution in [-0.2, 0) is 13.6 Å². The summed E-state index contributed by atoms with van der Waals surface area (Å²) in [5.41, 5.74) is 2.67. The summed E-state index contributed by atoms with van der Waals surface area (Å²) in [6, 6.07) is 11.0. The molecule has 0 saturated carbocycles. The Balaban J connectivity index is 0.00000300. The summed E-state index contributed by atoms with van der Waals surface area (Å²) in [7, 11) is 4.16. The normalized spacial score (nSPS) is 18.0. The van der Waals surface area contributed by atoms with Crippen molar-refractivity contribution in [2.75, 3.05) is 33.2 Å². The number of nitrogens with zero attached hydrogens (tertiary/aromatic N) is 5. The minimum absolute atomic E-state index is 0. The summed E-state index contributed by atoms with van der Waals surface area (Å²) >= 11 is 0. The van der Waals surface area contributed by atoms with Crippen molar-refractivity contribution in [1.29, 1.82) is 0 Å². The summed E-state index contributed by atoms with van der Waals surface area (Å²) in [4.78, 5) is 9.72. The molecule has 0 bridgehead atoms. The van der Waals surface area contributed by atoms with Crippen LogP contribution in [0.25, 0.3) is 0 Å². The zero-order valence-corrected chi connectivity index (χ0v) is 20.4. The van der Waals surface area contributed by atoms with E-state index < -0.39 is 0 Å². The van der Waals surface area contributed by atoms with E-state index in [-0.39, 0.29) is 24.0 Å². The minimum atomic E-state index is 0. The first-order valence-electron chi connectivity index (χ1n) is 10.3. The van der Waals surface area contributed by atoms with E-state index in [1.807, 2.05) is 17.9 Å². The minimum Gasteiger partial charge on any atom is -0.357 e. The predicted octanol–water partition coefficient (Wildman–Crippen LogP) is 3.31. The standard InChI is InChI=1S/C22H34N6.HI/c1-5-23-22(28-12-11-20(17-28)21-14-25-27(4)16-21)24-13-18(2)26(3)15-19-9-7-6-8-10-19;/h6-10,14,16,18,20H,5,11-13,15,17H2,1-4H3,(H,23,24);1H. The van der Waals surface area contributed by atoms with Gasteiger partial charge in [-0.15, -0.1) is 24.0 Å². The molecule has 1 aromatic heterocycles. The zero-order chi connectivity index (χ0) is 19.9. The van der Waals surface area contributed by atoms with E-state index in [1.165, 1.54) is 11.1 Å². The van der Waals surface area contributed by atoms with Crippen LogP contribution in [0.4, 0.5) is 0 Å². The quantitative estimate of drug-likeness (QED) is 0.353. The molecule has 1 aliphatic heterocycles. The Morgan fingerprint density at radius 1 is 1.34 bits per heavy atom. The van der Waals surface area contributed by atoms with Gasteiger partial charge in [-0.3, -0.25) is 14.6 Å². The van der Waals surface area contributed by atoms with Gasteiger partial charge in [-0.25, -0.2) is 0 Å². The highest BCUT2D eigenvalue weighted by molar-refractivity contribution is 14.0. The van der Waals surface area contributed by atoms with Crippen molar-refractivity contribution >= 4 is 29.9 Å². The number of benzene rings is 1. The fourth-order valence-corrected chi connectivity index (χ4v) is 3.69. The van der Waals surface area contributed by atoms with Crippen molar-refractivity contribution in [2.24, 2.45) is 12.0 Å². The number of hydrogen-bond acceptors (Lipinski definition) is 3. The van der Waals surface area contributed by atoms with Crippen molar-refractivity contribution in [1.82, 2.24) is 24.9 Å². The molecule has 1 N–H and O–H groups in total.